The largest absolute Gasteiger partial charge is 0.378 e. The van der Waals surface area contributed by atoms with Crippen molar-refractivity contribution in [1.82, 2.24) is 0 Å². The van der Waals surface area contributed by atoms with Crippen molar-refractivity contribution in [2.75, 3.05) is 31.2 Å². The van der Waals surface area contributed by atoms with Gasteiger partial charge in [-0.05, 0) is 41.7 Å². The number of morpholine rings is 1. The number of hydrogen-bond acceptors (Lipinski definition) is 3. The van der Waals surface area contributed by atoms with Crippen molar-refractivity contribution in [3.63, 3.8) is 0 Å². The van der Waals surface area contributed by atoms with E-state index in [0.717, 1.165) is 38.3 Å². The summed E-state index contributed by atoms with van der Waals surface area (Å²) < 4.78 is 5.41. The molecule has 0 aliphatic carbocycles. The maximum Gasteiger partial charge on any atom is 0.166 e. The lowest BCUT2D eigenvalue weighted by atomic mass is 9.73. The summed E-state index contributed by atoms with van der Waals surface area (Å²) in [6.07, 6.45) is 0.772. The first kappa shape index (κ1) is 18.7. The number of anilines is 1. The van der Waals surface area contributed by atoms with E-state index >= 15 is 0 Å². The fourth-order valence-electron chi connectivity index (χ4n) is 3.50. The summed E-state index contributed by atoms with van der Waals surface area (Å²) in [7, 11) is 0. The molecule has 1 aliphatic heterocycles. The molecular weight excluding hydrogens is 322 g/mol. The monoisotopic (exact) mass is 351 g/mol. The van der Waals surface area contributed by atoms with Gasteiger partial charge in [-0.3, -0.25) is 4.79 Å². The van der Waals surface area contributed by atoms with Crippen LogP contribution in [0.3, 0.4) is 0 Å². The first-order chi connectivity index (χ1) is 12.4. The molecule has 0 amide bonds. The third kappa shape index (κ3) is 4.53. The van der Waals surface area contributed by atoms with Crippen LogP contribution in [-0.2, 0) is 11.2 Å². The second-order valence-corrected chi connectivity index (χ2v) is 8.12. The lowest BCUT2D eigenvalue weighted by Gasteiger charge is -2.31. The maximum atomic E-state index is 13.2. The lowest BCUT2D eigenvalue weighted by molar-refractivity contribution is 0.0816. The molecule has 2 aromatic rings. The average Bonchev–Trinajstić information content (AvgIpc) is 2.66. The Morgan fingerprint density at radius 1 is 1.00 bits per heavy atom. The number of carbonyl (C=O) groups excluding carboxylic acids is 1. The van der Waals surface area contributed by atoms with Gasteiger partial charge in [0.05, 0.1) is 13.2 Å². The summed E-state index contributed by atoms with van der Waals surface area (Å²) in [4.78, 5) is 15.6. The number of nitrogens with zero attached hydrogens (tertiary/aromatic N) is 1. The van der Waals surface area contributed by atoms with Gasteiger partial charge in [-0.1, -0.05) is 51.1 Å². The van der Waals surface area contributed by atoms with Crippen LogP contribution >= 0.6 is 0 Å². The highest BCUT2D eigenvalue weighted by molar-refractivity contribution is 5.98. The third-order valence-corrected chi connectivity index (χ3v) is 5.17. The predicted octanol–water partition coefficient (Wildman–Crippen LogP) is 4.61. The number of Topliss-reactive ketones (excluding diaryl/α,β-unsaturated/α-hetero) is 1. The molecule has 138 valence electrons. The van der Waals surface area contributed by atoms with E-state index in [0.29, 0.717) is 0 Å². The Morgan fingerprint density at radius 3 is 2.19 bits per heavy atom. The third-order valence-electron chi connectivity index (χ3n) is 5.17. The molecule has 1 saturated heterocycles. The van der Waals surface area contributed by atoms with E-state index in [-0.39, 0.29) is 17.1 Å². The maximum absolute atomic E-state index is 13.2. The number of rotatable bonds is 5. The SMILES string of the molecule is CC(C)(C)C(Cc1ccccc1)C(=O)c1ccc(N2CCOCC2)cc1. The molecule has 0 radical (unpaired) electrons. The standard InChI is InChI=1S/C23H29NO2/c1-23(2,3)21(17-18-7-5-4-6-8-18)22(25)19-9-11-20(12-10-19)24-13-15-26-16-14-24/h4-12,21H,13-17H2,1-3H3. The Labute approximate surface area is 157 Å². The topological polar surface area (TPSA) is 29.5 Å². The van der Waals surface area contributed by atoms with E-state index in [1.165, 1.54) is 11.3 Å². The van der Waals surface area contributed by atoms with Gasteiger partial charge in [0.2, 0.25) is 0 Å². The molecule has 2 aromatic carbocycles. The Hall–Kier alpha value is -2.13. The van der Waals surface area contributed by atoms with Crippen LogP contribution in [0, 0.1) is 11.3 Å². The molecular formula is C23H29NO2. The second-order valence-electron chi connectivity index (χ2n) is 8.12. The van der Waals surface area contributed by atoms with Crippen molar-refractivity contribution in [1.29, 1.82) is 0 Å². The van der Waals surface area contributed by atoms with E-state index in [1.807, 2.05) is 30.3 Å². The van der Waals surface area contributed by atoms with Crippen molar-refractivity contribution < 1.29 is 9.53 Å². The summed E-state index contributed by atoms with van der Waals surface area (Å²) in [5.41, 5.74) is 3.10. The smallest absolute Gasteiger partial charge is 0.166 e. The van der Waals surface area contributed by atoms with Crippen LogP contribution in [0.1, 0.15) is 36.7 Å². The molecule has 1 atom stereocenters. The second kappa shape index (κ2) is 8.05. The normalized spacial score (nSPS) is 16.3. The minimum absolute atomic E-state index is 0.0425. The van der Waals surface area contributed by atoms with E-state index in [1.54, 1.807) is 0 Å². The van der Waals surface area contributed by atoms with Crippen molar-refractivity contribution in [2.45, 2.75) is 27.2 Å². The minimum Gasteiger partial charge on any atom is -0.378 e. The number of ketones is 1. The molecule has 3 nitrogen and oxygen atoms in total. The number of carbonyl (C=O) groups is 1. The molecule has 1 fully saturated rings. The van der Waals surface area contributed by atoms with Crippen molar-refractivity contribution in [3.8, 4) is 0 Å². The highest BCUT2D eigenvalue weighted by Gasteiger charge is 2.32. The van der Waals surface area contributed by atoms with Gasteiger partial charge in [-0.25, -0.2) is 0 Å². The number of hydrogen-bond donors (Lipinski definition) is 0. The van der Waals surface area contributed by atoms with Crippen LogP contribution in [0.15, 0.2) is 54.6 Å². The summed E-state index contributed by atoms with van der Waals surface area (Å²) in [5, 5.41) is 0. The zero-order chi connectivity index (χ0) is 18.6. The van der Waals surface area contributed by atoms with Crippen molar-refractivity contribution in [2.24, 2.45) is 11.3 Å². The summed E-state index contributed by atoms with van der Waals surface area (Å²) in [6.45, 7) is 9.81. The molecule has 26 heavy (non-hydrogen) atoms. The predicted molar refractivity (Wildman–Crippen MR) is 107 cm³/mol. The Balaban J connectivity index is 1.78. The molecule has 1 aliphatic rings. The lowest BCUT2D eigenvalue weighted by Crippen LogP contribution is -2.36. The number of benzene rings is 2. The van der Waals surface area contributed by atoms with Gasteiger partial charge in [0, 0.05) is 30.3 Å². The van der Waals surface area contributed by atoms with Crippen molar-refractivity contribution >= 4 is 11.5 Å². The molecule has 1 heterocycles. The van der Waals surface area contributed by atoms with E-state index in [9.17, 15) is 4.79 Å². The van der Waals surface area contributed by atoms with Gasteiger partial charge in [0.15, 0.2) is 5.78 Å². The van der Waals surface area contributed by atoms with Crippen LogP contribution in [0.2, 0.25) is 0 Å². The van der Waals surface area contributed by atoms with E-state index < -0.39 is 0 Å². The summed E-state index contributed by atoms with van der Waals surface area (Å²) >= 11 is 0. The molecule has 1 unspecified atom stereocenters. The molecule has 3 rings (SSSR count). The van der Waals surface area contributed by atoms with Crippen LogP contribution in [-0.4, -0.2) is 32.1 Å². The van der Waals surface area contributed by atoms with Crippen LogP contribution < -0.4 is 4.90 Å². The fourth-order valence-corrected chi connectivity index (χ4v) is 3.50. The van der Waals surface area contributed by atoms with Gasteiger partial charge in [-0.15, -0.1) is 0 Å². The summed E-state index contributed by atoms with van der Waals surface area (Å²) in [6, 6.07) is 18.4. The first-order valence-electron chi connectivity index (χ1n) is 9.46. The van der Waals surface area contributed by atoms with Gasteiger partial charge in [0.1, 0.15) is 0 Å². The Kier molecular flexibility index (Phi) is 5.77. The van der Waals surface area contributed by atoms with Crippen LogP contribution in [0.5, 0.6) is 0 Å². The summed E-state index contributed by atoms with van der Waals surface area (Å²) in [5.74, 6) is 0.189. The zero-order valence-electron chi connectivity index (χ0n) is 16.1. The number of ether oxygens (including phenoxy) is 1. The molecule has 0 bridgehead atoms. The van der Waals surface area contributed by atoms with Crippen LogP contribution in [0.4, 0.5) is 5.69 Å². The molecule has 0 spiro atoms. The first-order valence-corrected chi connectivity index (χ1v) is 9.46. The van der Waals surface area contributed by atoms with Gasteiger partial charge < -0.3 is 9.64 Å². The minimum atomic E-state index is -0.0875. The Bertz CT molecular complexity index is 710. The molecule has 0 N–H and O–H groups in total. The molecule has 0 saturated carbocycles. The van der Waals surface area contributed by atoms with Gasteiger partial charge >= 0.3 is 0 Å². The van der Waals surface area contributed by atoms with Gasteiger partial charge in [0.25, 0.3) is 0 Å². The molecule has 0 aromatic heterocycles. The molecule has 3 heteroatoms. The fraction of sp³-hybridized carbons (Fsp3) is 0.435. The van der Waals surface area contributed by atoms with E-state index in [2.05, 4.69) is 49.9 Å². The highest BCUT2D eigenvalue weighted by Crippen LogP contribution is 2.32. The Morgan fingerprint density at radius 2 is 1.62 bits per heavy atom. The highest BCUT2D eigenvalue weighted by atomic mass is 16.5. The zero-order valence-corrected chi connectivity index (χ0v) is 16.1. The average molecular weight is 351 g/mol. The quantitative estimate of drug-likeness (QED) is 0.737. The van der Waals surface area contributed by atoms with Crippen molar-refractivity contribution in [3.05, 3.63) is 65.7 Å². The van der Waals surface area contributed by atoms with Crippen LogP contribution in [0.25, 0.3) is 0 Å². The van der Waals surface area contributed by atoms with Gasteiger partial charge in [-0.2, -0.15) is 0 Å². The van der Waals surface area contributed by atoms with E-state index in [4.69, 9.17) is 4.74 Å².